The van der Waals surface area contributed by atoms with Crippen LogP contribution in [0.4, 0.5) is 5.95 Å². The number of nitrogens with one attached hydrogen (secondary N) is 1. The van der Waals surface area contributed by atoms with Crippen LogP contribution in [0.5, 0.6) is 0 Å². The molecule has 1 aromatic heterocycles. The van der Waals surface area contributed by atoms with Crippen LogP contribution in [0.1, 0.15) is 37.9 Å². The van der Waals surface area contributed by atoms with Gasteiger partial charge in [0.2, 0.25) is 5.95 Å². The van der Waals surface area contributed by atoms with Crippen molar-refractivity contribution in [3.8, 4) is 5.69 Å². The fourth-order valence-corrected chi connectivity index (χ4v) is 2.17. The second-order valence-corrected chi connectivity index (χ2v) is 4.92. The number of imidazole rings is 1. The van der Waals surface area contributed by atoms with Gasteiger partial charge < -0.3 is 5.32 Å². The summed E-state index contributed by atoms with van der Waals surface area (Å²) in [5.74, 6) is 0.933. The largest absolute Gasteiger partial charge is 0.355 e. The molecule has 0 bridgehead atoms. The van der Waals surface area contributed by atoms with Crippen molar-refractivity contribution in [2.75, 3.05) is 11.9 Å². The van der Waals surface area contributed by atoms with E-state index < -0.39 is 0 Å². The maximum Gasteiger partial charge on any atom is 0.207 e. The standard InChI is InChI=1S/C16H23N3/c1-4-6-14-7-9-15(10-8-14)19-12-13(3)18-16(19)17-11-5-2/h7-10,12H,4-6,11H2,1-3H3,(H,17,18). The molecule has 0 saturated carbocycles. The van der Waals surface area contributed by atoms with Gasteiger partial charge in [0.25, 0.3) is 0 Å². The molecule has 102 valence electrons. The molecule has 2 rings (SSSR count). The van der Waals surface area contributed by atoms with Gasteiger partial charge in [0.15, 0.2) is 0 Å². The summed E-state index contributed by atoms with van der Waals surface area (Å²) >= 11 is 0. The topological polar surface area (TPSA) is 29.9 Å². The summed E-state index contributed by atoms with van der Waals surface area (Å²) < 4.78 is 2.13. The van der Waals surface area contributed by atoms with Gasteiger partial charge in [0.05, 0.1) is 5.69 Å². The lowest BCUT2D eigenvalue weighted by Gasteiger charge is -2.09. The van der Waals surface area contributed by atoms with Gasteiger partial charge in [-0.05, 0) is 37.5 Å². The molecule has 1 heterocycles. The average molecular weight is 257 g/mol. The summed E-state index contributed by atoms with van der Waals surface area (Å²) in [4.78, 5) is 4.54. The van der Waals surface area contributed by atoms with E-state index in [0.29, 0.717) is 0 Å². The van der Waals surface area contributed by atoms with Gasteiger partial charge >= 0.3 is 0 Å². The van der Waals surface area contributed by atoms with Gasteiger partial charge in [-0.3, -0.25) is 4.57 Å². The molecule has 0 fully saturated rings. The first-order valence-corrected chi connectivity index (χ1v) is 7.13. The molecule has 1 N–H and O–H groups in total. The molecule has 3 nitrogen and oxygen atoms in total. The Bertz CT molecular complexity index is 511. The van der Waals surface area contributed by atoms with E-state index in [1.54, 1.807) is 0 Å². The Labute approximate surface area is 115 Å². The molecule has 0 saturated heterocycles. The van der Waals surface area contributed by atoms with E-state index in [-0.39, 0.29) is 0 Å². The zero-order valence-corrected chi connectivity index (χ0v) is 12.1. The van der Waals surface area contributed by atoms with Gasteiger partial charge in [-0.2, -0.15) is 0 Å². The van der Waals surface area contributed by atoms with Crippen molar-refractivity contribution in [1.82, 2.24) is 9.55 Å². The Balaban J connectivity index is 2.24. The number of nitrogens with zero attached hydrogens (tertiary/aromatic N) is 2. The Hall–Kier alpha value is -1.77. The predicted octanol–water partition coefficient (Wildman–Crippen LogP) is 3.96. The van der Waals surface area contributed by atoms with Gasteiger partial charge in [0, 0.05) is 18.4 Å². The predicted molar refractivity (Wildman–Crippen MR) is 81.1 cm³/mol. The molecular formula is C16H23N3. The summed E-state index contributed by atoms with van der Waals surface area (Å²) in [6, 6.07) is 8.75. The molecule has 2 aromatic rings. The van der Waals surface area contributed by atoms with Crippen LogP contribution in [-0.4, -0.2) is 16.1 Å². The van der Waals surface area contributed by atoms with Crippen LogP contribution in [0, 0.1) is 6.92 Å². The molecule has 0 spiro atoms. The highest BCUT2D eigenvalue weighted by Gasteiger charge is 2.06. The van der Waals surface area contributed by atoms with Crippen molar-refractivity contribution in [3.05, 3.63) is 41.7 Å². The lowest BCUT2D eigenvalue weighted by molar-refractivity contribution is 0.916. The molecule has 0 radical (unpaired) electrons. The average Bonchev–Trinajstić information content (AvgIpc) is 2.79. The third kappa shape index (κ3) is 3.37. The van der Waals surface area contributed by atoms with Crippen molar-refractivity contribution < 1.29 is 0 Å². The number of hydrogen-bond donors (Lipinski definition) is 1. The van der Waals surface area contributed by atoms with Crippen molar-refractivity contribution in [1.29, 1.82) is 0 Å². The van der Waals surface area contributed by atoms with Crippen LogP contribution >= 0.6 is 0 Å². The Morgan fingerprint density at radius 1 is 1.11 bits per heavy atom. The fourth-order valence-electron chi connectivity index (χ4n) is 2.17. The third-order valence-electron chi connectivity index (χ3n) is 3.11. The van der Waals surface area contributed by atoms with E-state index in [0.717, 1.165) is 31.0 Å². The Morgan fingerprint density at radius 2 is 1.84 bits per heavy atom. The maximum absolute atomic E-state index is 4.54. The molecule has 0 aliphatic rings. The molecule has 19 heavy (non-hydrogen) atoms. The van der Waals surface area contributed by atoms with Crippen LogP contribution < -0.4 is 5.32 Å². The van der Waals surface area contributed by atoms with Gasteiger partial charge in [-0.25, -0.2) is 4.98 Å². The number of anilines is 1. The first-order valence-electron chi connectivity index (χ1n) is 7.13. The van der Waals surface area contributed by atoms with E-state index >= 15 is 0 Å². The third-order valence-corrected chi connectivity index (χ3v) is 3.11. The molecule has 0 aliphatic carbocycles. The van der Waals surface area contributed by atoms with Crippen LogP contribution in [0.15, 0.2) is 30.5 Å². The summed E-state index contributed by atoms with van der Waals surface area (Å²) in [6.45, 7) is 7.34. The van der Waals surface area contributed by atoms with Crippen LogP contribution in [0.3, 0.4) is 0 Å². The number of benzene rings is 1. The zero-order chi connectivity index (χ0) is 13.7. The first-order chi connectivity index (χ1) is 9.24. The first kappa shape index (κ1) is 13.7. The second kappa shape index (κ2) is 6.41. The van der Waals surface area contributed by atoms with Gasteiger partial charge in [0.1, 0.15) is 0 Å². The quantitative estimate of drug-likeness (QED) is 0.849. The molecule has 0 unspecified atom stereocenters. The summed E-state index contributed by atoms with van der Waals surface area (Å²) in [7, 11) is 0. The highest BCUT2D eigenvalue weighted by Crippen LogP contribution is 2.17. The molecular weight excluding hydrogens is 234 g/mol. The van der Waals surface area contributed by atoms with Crippen LogP contribution in [0.25, 0.3) is 5.69 Å². The molecule has 0 atom stereocenters. The number of rotatable bonds is 6. The highest BCUT2D eigenvalue weighted by molar-refractivity contribution is 5.44. The lowest BCUT2D eigenvalue weighted by atomic mass is 10.1. The van der Waals surface area contributed by atoms with Gasteiger partial charge in [-0.15, -0.1) is 0 Å². The SMILES string of the molecule is CCCNc1nc(C)cn1-c1ccc(CCC)cc1. The van der Waals surface area contributed by atoms with E-state index in [9.17, 15) is 0 Å². The van der Waals surface area contributed by atoms with Crippen molar-refractivity contribution >= 4 is 5.95 Å². The van der Waals surface area contributed by atoms with E-state index in [4.69, 9.17) is 0 Å². The number of aromatic nitrogens is 2. The van der Waals surface area contributed by atoms with Crippen molar-refractivity contribution in [3.63, 3.8) is 0 Å². The van der Waals surface area contributed by atoms with Crippen molar-refractivity contribution in [2.45, 2.75) is 40.0 Å². The normalized spacial score (nSPS) is 10.7. The fraction of sp³-hybridized carbons (Fsp3) is 0.438. The highest BCUT2D eigenvalue weighted by atomic mass is 15.2. The maximum atomic E-state index is 4.54. The summed E-state index contributed by atoms with van der Waals surface area (Å²) in [5.41, 5.74) is 3.60. The van der Waals surface area contributed by atoms with Crippen LogP contribution in [0.2, 0.25) is 0 Å². The molecule has 0 aliphatic heterocycles. The molecule has 1 aromatic carbocycles. The number of hydrogen-bond acceptors (Lipinski definition) is 2. The summed E-state index contributed by atoms with van der Waals surface area (Å²) in [6.07, 6.45) is 5.51. The molecule has 3 heteroatoms. The Kier molecular flexibility index (Phi) is 4.61. The smallest absolute Gasteiger partial charge is 0.207 e. The van der Waals surface area contributed by atoms with Crippen molar-refractivity contribution in [2.24, 2.45) is 0 Å². The minimum Gasteiger partial charge on any atom is -0.355 e. The second-order valence-electron chi connectivity index (χ2n) is 4.92. The minimum absolute atomic E-state index is 0.933. The number of aryl methyl sites for hydroxylation is 2. The summed E-state index contributed by atoms with van der Waals surface area (Å²) in [5, 5.41) is 3.37. The minimum atomic E-state index is 0.933. The zero-order valence-electron chi connectivity index (χ0n) is 12.1. The van der Waals surface area contributed by atoms with E-state index in [2.05, 4.69) is 59.2 Å². The monoisotopic (exact) mass is 257 g/mol. The molecule has 0 amide bonds. The van der Waals surface area contributed by atoms with E-state index in [1.807, 2.05) is 6.92 Å². The van der Waals surface area contributed by atoms with E-state index in [1.165, 1.54) is 17.7 Å². The van der Waals surface area contributed by atoms with Gasteiger partial charge in [-0.1, -0.05) is 32.4 Å². The lowest BCUT2D eigenvalue weighted by Crippen LogP contribution is -2.06. The Morgan fingerprint density at radius 3 is 2.47 bits per heavy atom. The van der Waals surface area contributed by atoms with Crippen LogP contribution in [-0.2, 0) is 6.42 Å².